The Labute approximate surface area is 211 Å². The Morgan fingerprint density at radius 1 is 0.639 bits per heavy atom. The van der Waals surface area contributed by atoms with Crippen molar-refractivity contribution in [2.75, 3.05) is 11.5 Å². The van der Waals surface area contributed by atoms with Gasteiger partial charge in [-0.05, 0) is 116 Å². The topological polar surface area (TPSA) is 118 Å². The van der Waals surface area contributed by atoms with Gasteiger partial charge in [-0.3, -0.25) is 0 Å². The van der Waals surface area contributed by atoms with Gasteiger partial charge in [-0.1, -0.05) is 0 Å². The van der Waals surface area contributed by atoms with Gasteiger partial charge >= 0.3 is 0 Å². The van der Waals surface area contributed by atoms with Crippen LogP contribution in [0.3, 0.4) is 0 Å². The van der Waals surface area contributed by atoms with E-state index in [0.717, 1.165) is 23.1 Å². The van der Waals surface area contributed by atoms with E-state index in [1.54, 1.807) is 36.4 Å². The van der Waals surface area contributed by atoms with Crippen LogP contribution < -0.4 is 20.9 Å². The largest absolute Gasteiger partial charge is 0.456 e. The summed E-state index contributed by atoms with van der Waals surface area (Å²) in [5.41, 5.74) is 14.7. The van der Waals surface area contributed by atoms with Crippen LogP contribution in [0.5, 0.6) is 23.0 Å². The fourth-order valence-corrected chi connectivity index (χ4v) is 7.07. The number of nitrogen functional groups attached to an aromatic ring is 2. The van der Waals surface area contributed by atoms with E-state index in [1.165, 1.54) is 32.1 Å². The van der Waals surface area contributed by atoms with Gasteiger partial charge < -0.3 is 20.9 Å². The molecular weight excluding hydrogens is 448 g/mol. The predicted octanol–water partition coefficient (Wildman–Crippen LogP) is 6.72. The highest BCUT2D eigenvalue weighted by Crippen LogP contribution is 2.61. The van der Waals surface area contributed by atoms with Gasteiger partial charge in [0.05, 0.1) is 11.1 Å². The van der Waals surface area contributed by atoms with Gasteiger partial charge in [-0.15, -0.1) is 0 Å². The lowest BCUT2D eigenvalue weighted by molar-refractivity contribution is -0.00340. The maximum Gasteiger partial charge on any atom is 0.145 e. The fraction of sp³-hybridized carbons (Fsp3) is 0.333. The highest BCUT2D eigenvalue weighted by molar-refractivity contribution is 5.57. The van der Waals surface area contributed by atoms with Crippen LogP contribution in [0, 0.1) is 46.3 Å². The van der Waals surface area contributed by atoms with E-state index in [-0.39, 0.29) is 0 Å². The van der Waals surface area contributed by atoms with E-state index in [2.05, 4.69) is 18.2 Å². The molecule has 0 heterocycles. The van der Waals surface area contributed by atoms with Crippen molar-refractivity contribution in [1.29, 1.82) is 10.5 Å². The van der Waals surface area contributed by atoms with E-state index in [0.29, 0.717) is 57.5 Å². The predicted molar refractivity (Wildman–Crippen MR) is 138 cm³/mol. The third kappa shape index (κ3) is 3.99. The average Bonchev–Trinajstić information content (AvgIpc) is 2.86. The first-order chi connectivity index (χ1) is 17.5. The van der Waals surface area contributed by atoms with Crippen molar-refractivity contribution in [2.24, 2.45) is 23.7 Å². The quantitative estimate of drug-likeness (QED) is 0.395. The second-order valence-electron chi connectivity index (χ2n) is 10.6. The van der Waals surface area contributed by atoms with Crippen LogP contribution >= 0.6 is 0 Å². The summed E-state index contributed by atoms with van der Waals surface area (Å²) >= 11 is 0. The lowest BCUT2D eigenvalue weighted by Gasteiger charge is -2.54. The Balaban J connectivity index is 1.40. The molecule has 0 aliphatic heterocycles. The Morgan fingerprint density at radius 2 is 1.17 bits per heavy atom. The normalized spacial score (nSPS) is 25.7. The van der Waals surface area contributed by atoms with Crippen LogP contribution in [0.2, 0.25) is 0 Å². The number of hydrogen-bond donors (Lipinski definition) is 2. The summed E-state index contributed by atoms with van der Waals surface area (Å²) in [6.07, 6.45) is 6.46. The Bertz CT molecular complexity index is 1390. The molecule has 0 saturated heterocycles. The van der Waals surface area contributed by atoms with Gasteiger partial charge in [0.15, 0.2) is 0 Å². The van der Waals surface area contributed by atoms with Crippen LogP contribution in [0.15, 0.2) is 54.6 Å². The van der Waals surface area contributed by atoms with Crippen molar-refractivity contribution in [1.82, 2.24) is 0 Å². The Kier molecular flexibility index (Phi) is 5.46. The van der Waals surface area contributed by atoms with Gasteiger partial charge in [0, 0.05) is 16.9 Å². The lowest BCUT2D eigenvalue weighted by atomic mass is 9.50. The number of hydrogen-bond acceptors (Lipinski definition) is 6. The third-order valence-electron chi connectivity index (χ3n) is 8.26. The van der Waals surface area contributed by atoms with Crippen molar-refractivity contribution in [2.45, 2.75) is 38.0 Å². The minimum absolute atomic E-state index is 0.387. The minimum atomic E-state index is 0.387. The van der Waals surface area contributed by atoms with E-state index in [9.17, 15) is 10.5 Å². The molecule has 0 radical (unpaired) electrons. The number of anilines is 2. The summed E-state index contributed by atoms with van der Waals surface area (Å²) in [6, 6.07) is 20.5. The van der Waals surface area contributed by atoms with Crippen molar-refractivity contribution >= 4 is 11.4 Å². The smallest absolute Gasteiger partial charge is 0.145 e. The second kappa shape index (κ2) is 8.81. The standard InChI is InChI=1S/C30H28N4O2/c31-15-21-12-23(33)1-4-27(21)35-25-3-6-29(36-28-5-2-24(34)13-22(28)16-32)26(14-25)30-19-8-17-7-18(10-19)11-20(30)9-17/h1-6,12-14,17-20,30H,7-11,33-34H2. The molecule has 0 spiro atoms. The molecule has 7 rings (SSSR count). The highest BCUT2D eigenvalue weighted by atomic mass is 16.5. The van der Waals surface area contributed by atoms with E-state index >= 15 is 0 Å². The van der Waals surface area contributed by atoms with Crippen molar-refractivity contribution < 1.29 is 9.47 Å². The molecule has 0 aromatic heterocycles. The van der Waals surface area contributed by atoms with Crippen molar-refractivity contribution in [3.8, 4) is 35.1 Å². The number of nitrogens with zero attached hydrogens (tertiary/aromatic N) is 2. The van der Waals surface area contributed by atoms with Gasteiger partial charge in [-0.2, -0.15) is 10.5 Å². The Hall–Kier alpha value is -4.16. The number of rotatable bonds is 5. The van der Waals surface area contributed by atoms with Crippen LogP contribution in [0.25, 0.3) is 0 Å². The summed E-state index contributed by atoms with van der Waals surface area (Å²) in [5.74, 6) is 5.73. The molecule has 6 nitrogen and oxygen atoms in total. The zero-order valence-corrected chi connectivity index (χ0v) is 20.0. The number of nitriles is 2. The van der Waals surface area contributed by atoms with Crippen molar-refractivity contribution in [3.63, 3.8) is 0 Å². The monoisotopic (exact) mass is 476 g/mol. The molecule has 4 saturated carbocycles. The summed E-state index contributed by atoms with van der Waals surface area (Å²) < 4.78 is 12.6. The van der Waals surface area contributed by atoms with Crippen LogP contribution in [0.4, 0.5) is 11.4 Å². The number of nitrogens with two attached hydrogens (primary N) is 2. The third-order valence-corrected chi connectivity index (χ3v) is 8.26. The van der Waals surface area contributed by atoms with Crippen molar-refractivity contribution in [3.05, 3.63) is 71.3 Å². The summed E-state index contributed by atoms with van der Waals surface area (Å²) in [6.45, 7) is 0. The number of benzene rings is 3. The maximum atomic E-state index is 9.64. The molecule has 0 unspecified atom stereocenters. The fourth-order valence-electron chi connectivity index (χ4n) is 7.07. The first-order valence-corrected chi connectivity index (χ1v) is 12.6. The number of ether oxygens (including phenoxy) is 2. The Morgan fingerprint density at radius 3 is 1.72 bits per heavy atom. The molecule has 3 aromatic rings. The van der Waals surface area contributed by atoms with Gasteiger partial charge in [0.2, 0.25) is 0 Å². The van der Waals surface area contributed by atoms with E-state index < -0.39 is 0 Å². The van der Waals surface area contributed by atoms with Crippen LogP contribution in [-0.4, -0.2) is 0 Å². The van der Waals surface area contributed by atoms with Crippen LogP contribution in [0.1, 0.15) is 54.7 Å². The summed E-state index contributed by atoms with van der Waals surface area (Å²) in [4.78, 5) is 0. The van der Waals surface area contributed by atoms with Crippen LogP contribution in [-0.2, 0) is 0 Å². The minimum Gasteiger partial charge on any atom is -0.456 e. The SMILES string of the molecule is N#Cc1cc(N)ccc1Oc1ccc(Oc2ccc(N)cc2C#N)c(C2C3CC4CC(C3)CC2C4)c1. The zero-order chi connectivity index (χ0) is 24.8. The summed E-state index contributed by atoms with van der Waals surface area (Å²) in [5, 5.41) is 19.2. The molecule has 4 aliphatic carbocycles. The van der Waals surface area contributed by atoms with Gasteiger partial charge in [0.25, 0.3) is 0 Å². The molecular formula is C30H28N4O2. The molecule has 4 aliphatic rings. The molecule has 180 valence electrons. The van der Waals surface area contributed by atoms with Gasteiger partial charge in [-0.25, -0.2) is 0 Å². The molecule has 0 atom stereocenters. The van der Waals surface area contributed by atoms with Gasteiger partial charge in [0.1, 0.15) is 35.1 Å². The molecule has 3 aromatic carbocycles. The molecule has 4 fully saturated rings. The first kappa shape index (κ1) is 22.3. The first-order valence-electron chi connectivity index (χ1n) is 12.6. The zero-order valence-electron chi connectivity index (χ0n) is 20.0. The molecule has 6 heteroatoms. The molecule has 4 N–H and O–H groups in total. The molecule has 4 bridgehead atoms. The second-order valence-corrected chi connectivity index (χ2v) is 10.6. The maximum absolute atomic E-state index is 9.64. The molecule has 0 amide bonds. The van der Waals surface area contributed by atoms with E-state index in [1.807, 2.05) is 12.1 Å². The highest BCUT2D eigenvalue weighted by Gasteiger charge is 2.49. The summed E-state index contributed by atoms with van der Waals surface area (Å²) in [7, 11) is 0. The molecule has 36 heavy (non-hydrogen) atoms. The van der Waals surface area contributed by atoms with E-state index in [4.69, 9.17) is 20.9 Å². The lowest BCUT2D eigenvalue weighted by Crippen LogP contribution is -2.43. The average molecular weight is 477 g/mol.